The summed E-state index contributed by atoms with van der Waals surface area (Å²) in [5, 5.41) is 0. The second-order valence-electron chi connectivity index (χ2n) is 15.1. The summed E-state index contributed by atoms with van der Waals surface area (Å²) in [6, 6.07) is 10.0. The molecular weight excluding hydrogens is 1100 g/mol. The van der Waals surface area contributed by atoms with Crippen LogP contribution in [0.15, 0.2) is 12.1 Å². The third kappa shape index (κ3) is 35.7. The predicted octanol–water partition coefficient (Wildman–Crippen LogP) is 14.2. The van der Waals surface area contributed by atoms with Gasteiger partial charge in [0.05, 0.1) is 31.6 Å². The molecule has 0 N–H and O–H groups in total. The van der Waals surface area contributed by atoms with E-state index in [9.17, 15) is 0 Å². The van der Waals surface area contributed by atoms with Crippen LogP contribution in [0.4, 0.5) is 0 Å². The van der Waals surface area contributed by atoms with E-state index in [4.69, 9.17) is 43.1 Å². The van der Waals surface area contributed by atoms with E-state index < -0.39 is 7.12 Å². The van der Waals surface area contributed by atoms with Crippen molar-refractivity contribution in [1.82, 2.24) is 0 Å². The maximum absolute atomic E-state index is 6.66. The molecule has 2 rings (SSSR count). The highest BCUT2D eigenvalue weighted by atomic mass is 79.9. The molecule has 1 aromatic carbocycles. The van der Waals surface area contributed by atoms with Crippen LogP contribution in [0, 0.1) is 322 Å². The lowest BCUT2D eigenvalue weighted by atomic mass is 9.70. The summed E-state index contributed by atoms with van der Waals surface area (Å²) in [6.45, 7) is 8.91. The first-order valence-electron chi connectivity index (χ1n) is 24.5. The zero-order chi connectivity index (χ0) is 59.8. The standard InChI is InChI=1S/C76H39BNO5.BrH.54H2/c1-9-15-18-21-24-27-30-33-36-39-42-45-48-51-54-57-61-78(8,62-58-55-52-49-46-43-40-37-34-31-28-25-22-19-16-10-2)63-60-65-80-83-73(14-6)69-75-66-70(7)81-77(82-75)76-71(12-4)67-74(68-72(76)13-5)79-64-59-56-53-50-47-44-41-38-35-32-29-26-23-20-17-11-3;;;;;;;;;;;;;;;;;;;;;;;;;;;;;;;;;;;;;;;;;;;;;;;;;;;;;;;/h1-3,67-68,70,73,75H,12-14,60,63,65-66,69H2,4-8H3;55*1H/q+1;;;;;;;;;;;;;;;;;;;;;;;;;;;;;;;;;;;;;;;;;;;;;;;;;;;;;;;/p-1. The number of aryl methyl sites for hydroxylation is 2. The smallest absolute Gasteiger partial charge is 0.494 e. The number of benzene rings is 1. The largest absolute Gasteiger partial charge is 1.00 e. The van der Waals surface area contributed by atoms with Gasteiger partial charge in [0.15, 0.2) is 12.1 Å². The fraction of sp³-hybridized carbons (Fsp3) is 0.211. The Labute approximate surface area is 590 Å². The Morgan fingerprint density at radius 2 is 0.845 bits per heavy atom. The van der Waals surface area contributed by atoms with Gasteiger partial charge in [-0.25, -0.2) is 9.78 Å². The molecule has 0 bridgehead atoms. The van der Waals surface area contributed by atoms with Crippen LogP contribution in [-0.2, 0) is 31.9 Å². The SMILES string of the molecule is C#CC#CC#CC#CC#CC#CC#CC#CC#COc1cc(CC)c(B2OC(C)CC(CC(CC)OOCCC[N+](C)(C#CC#CC#CC#CC#CC#CC#CC#CC#C)C#CC#CC#CC#CC#CC#CC#CC#CC#C)O2)c(CC)c1.[Br-].[HH].[HH].[HH].[HH].[HH].[HH].[HH].[HH].[HH].[HH].[HH].[HH].[HH].[HH].[HH].[HH].[HH].[HH].[HH].[HH].[HH].[HH].[HH].[HH].[HH].[HH].[HH].[HH].[HH].[HH].[HH].[HH].[HH].[HH].[HH].[HH].[HH].[HH].[HH].[HH].[HH].[HH].[HH].[HH].[HH].[HH].[HH].[HH].[HH].[HH].[HH].[HH].[HH].[HH]. The van der Waals surface area contributed by atoms with Gasteiger partial charge in [-0.15, -0.1) is 19.3 Å². The third-order valence-electron chi connectivity index (χ3n) is 9.27. The van der Waals surface area contributed by atoms with Gasteiger partial charge in [-0.05, 0) is 203 Å². The first-order valence-corrected chi connectivity index (χ1v) is 24.5. The second kappa shape index (κ2) is 48.8. The van der Waals surface area contributed by atoms with E-state index in [1.807, 2.05) is 33.0 Å². The highest BCUT2D eigenvalue weighted by molar-refractivity contribution is 6.62. The minimum atomic E-state index is -0.597. The fourth-order valence-corrected chi connectivity index (χ4v) is 5.91. The van der Waals surface area contributed by atoms with Crippen molar-refractivity contribution in [3.05, 3.63) is 23.3 Å². The zero-order valence-corrected chi connectivity index (χ0v) is 47.8. The van der Waals surface area contributed by atoms with Crippen molar-refractivity contribution < 1.29 is 122 Å². The van der Waals surface area contributed by atoms with Gasteiger partial charge in [0.2, 0.25) is 0 Å². The highest BCUT2D eigenvalue weighted by Crippen LogP contribution is 2.25. The summed E-state index contributed by atoms with van der Waals surface area (Å²) in [6.07, 6.45) is 21.1. The van der Waals surface area contributed by atoms with E-state index in [1.54, 1.807) is 0 Å². The molecule has 84 heavy (non-hydrogen) atoms. The molecule has 1 aromatic rings. The van der Waals surface area contributed by atoms with Gasteiger partial charge in [-0.2, -0.15) is 4.48 Å². The van der Waals surface area contributed by atoms with Crippen LogP contribution in [0.3, 0.4) is 0 Å². The zero-order valence-electron chi connectivity index (χ0n) is 46.2. The maximum atomic E-state index is 6.66. The summed E-state index contributed by atoms with van der Waals surface area (Å²) >= 11 is 0. The van der Waals surface area contributed by atoms with Crippen molar-refractivity contribution in [2.24, 2.45) is 0 Å². The van der Waals surface area contributed by atoms with E-state index in [1.165, 1.54) is 0 Å². The van der Waals surface area contributed by atoms with Crippen LogP contribution >= 0.6 is 0 Å². The van der Waals surface area contributed by atoms with Crippen molar-refractivity contribution in [2.45, 2.75) is 84.5 Å². The first-order chi connectivity index (χ1) is 40.8. The van der Waals surface area contributed by atoms with Gasteiger partial charge in [0.25, 0.3) is 0 Å². The van der Waals surface area contributed by atoms with Crippen LogP contribution < -0.4 is 27.2 Å². The van der Waals surface area contributed by atoms with E-state index >= 15 is 0 Å². The molecule has 1 saturated heterocycles. The number of rotatable bonds is 13. The Morgan fingerprint density at radius 1 is 0.512 bits per heavy atom. The van der Waals surface area contributed by atoms with Gasteiger partial charge >= 0.3 is 7.12 Å². The quantitative estimate of drug-likeness (QED) is 0.0492. The molecule has 1 aliphatic heterocycles. The number of halogens is 1. The van der Waals surface area contributed by atoms with Crippen LogP contribution in [0.2, 0.25) is 0 Å². The van der Waals surface area contributed by atoms with Crippen molar-refractivity contribution in [1.29, 1.82) is 0 Å². The third-order valence-corrected chi connectivity index (χ3v) is 9.27. The molecule has 0 saturated carbocycles. The molecule has 3 atom stereocenters. The molecular formula is C76H147BBrNO5. The number of hydrogen-bond donors (Lipinski definition) is 0. The Balaban J connectivity index is -0.0000000247. The van der Waals surface area contributed by atoms with Crippen LogP contribution in [0.1, 0.15) is 142 Å². The van der Waals surface area contributed by atoms with E-state index in [-0.39, 0.29) is 123 Å². The van der Waals surface area contributed by atoms with Crippen molar-refractivity contribution in [3.63, 3.8) is 0 Å². The molecule has 0 spiro atoms. The lowest BCUT2D eigenvalue weighted by Crippen LogP contribution is -3.00. The number of hydrogen-bond acceptors (Lipinski definition) is 5. The molecule has 496 valence electrons. The highest BCUT2D eigenvalue weighted by Gasteiger charge is 2.37. The number of nitrogens with zero attached hydrogens (tertiary/aromatic N) is 1. The van der Waals surface area contributed by atoms with Gasteiger partial charge in [-0.3, -0.25) is 0 Å². The minimum absolute atomic E-state index is 0. The minimum Gasteiger partial charge on any atom is -1.00 e. The van der Waals surface area contributed by atoms with Crippen LogP contribution in [-0.4, -0.2) is 50.1 Å². The van der Waals surface area contributed by atoms with Gasteiger partial charge in [0, 0.05) is 232 Å². The summed E-state index contributed by atoms with van der Waals surface area (Å²) < 4.78 is 18.8. The molecule has 1 heterocycles. The lowest BCUT2D eigenvalue weighted by molar-refractivity contribution is -0.773. The maximum Gasteiger partial charge on any atom is 0.494 e. The Bertz CT molecular complexity index is 4410. The van der Waals surface area contributed by atoms with Gasteiger partial charge in [-0.1, -0.05) is 20.8 Å². The lowest BCUT2D eigenvalue weighted by Gasteiger charge is -2.35. The van der Waals surface area contributed by atoms with E-state index in [0.717, 1.165) is 16.6 Å². The number of ether oxygens (including phenoxy) is 1. The van der Waals surface area contributed by atoms with E-state index in [2.05, 4.69) is 316 Å². The average molecular weight is 1250 g/mol. The second-order valence-corrected chi connectivity index (χ2v) is 15.1. The number of terminal acetylenes is 3. The van der Waals surface area contributed by atoms with Gasteiger partial charge < -0.3 is 31.0 Å². The van der Waals surface area contributed by atoms with Crippen molar-refractivity contribution in [3.8, 4) is 327 Å². The Morgan fingerprint density at radius 3 is 1.18 bits per heavy atom. The molecule has 0 amide bonds. The fourth-order valence-electron chi connectivity index (χ4n) is 5.91. The molecule has 6 nitrogen and oxygen atoms in total. The predicted molar refractivity (Wildman–Crippen MR) is 440 cm³/mol. The molecule has 1 aliphatic rings. The number of quaternary nitrogens is 1. The van der Waals surface area contributed by atoms with Crippen LogP contribution in [0.25, 0.3) is 0 Å². The molecule has 8 heteroatoms. The van der Waals surface area contributed by atoms with Gasteiger partial charge in [0.1, 0.15) is 18.4 Å². The molecule has 0 radical (unpaired) electrons. The van der Waals surface area contributed by atoms with Crippen LogP contribution in [0.5, 0.6) is 5.75 Å². The van der Waals surface area contributed by atoms with Crippen molar-refractivity contribution >= 4 is 12.6 Å². The molecule has 0 aliphatic carbocycles. The summed E-state index contributed by atoms with van der Waals surface area (Å²) in [5.41, 5.74) is 3.01. The monoisotopic (exact) mass is 1240 g/mol. The van der Waals surface area contributed by atoms with E-state index in [0.29, 0.717) is 50.8 Å². The normalized spacial score (nSPS) is 10.1. The molecule has 3 unspecified atom stereocenters. The Kier molecular flexibility index (Phi) is 40.4. The topological polar surface area (TPSA) is 46.2 Å². The first kappa shape index (κ1) is 69.5. The molecule has 0 aromatic heterocycles. The average Bonchev–Trinajstić information content (AvgIpc) is 0.792. The van der Waals surface area contributed by atoms with Crippen molar-refractivity contribution in [2.75, 3.05) is 20.2 Å². The Hall–Kier alpha value is -12.5. The summed E-state index contributed by atoms with van der Waals surface area (Å²) in [4.78, 5) is 11.7. The summed E-state index contributed by atoms with van der Waals surface area (Å²) in [5.74, 6) is 122. The summed E-state index contributed by atoms with van der Waals surface area (Å²) in [7, 11) is 1.22. The molecule has 1 fully saturated rings.